The monoisotopic (exact) mass is 316 g/mol. The summed E-state index contributed by atoms with van der Waals surface area (Å²) in [4.78, 5) is 11.5. The molecule has 0 amide bonds. The summed E-state index contributed by atoms with van der Waals surface area (Å²) in [5, 5.41) is 19.9. The van der Waals surface area contributed by atoms with Gasteiger partial charge in [0.05, 0.1) is 7.11 Å². The predicted octanol–water partition coefficient (Wildman–Crippen LogP) is 2.88. The highest BCUT2D eigenvalue weighted by atomic mass is 16.5. The van der Waals surface area contributed by atoms with E-state index in [0.29, 0.717) is 11.3 Å². The van der Waals surface area contributed by atoms with Crippen LogP contribution in [0.3, 0.4) is 0 Å². The van der Waals surface area contributed by atoms with Gasteiger partial charge in [-0.15, -0.1) is 0 Å². The molecule has 2 N–H and O–H groups in total. The van der Waals surface area contributed by atoms with Crippen LogP contribution in [0.2, 0.25) is 0 Å². The first-order valence-electron chi connectivity index (χ1n) is 7.21. The molecule has 5 heteroatoms. The number of aliphatic hydroxyl groups is 1. The molecule has 0 aliphatic carbocycles. The van der Waals surface area contributed by atoms with Gasteiger partial charge in [-0.2, -0.15) is 0 Å². The Kier molecular flexibility index (Phi) is 5.24. The fourth-order valence-corrected chi connectivity index (χ4v) is 2.23. The van der Waals surface area contributed by atoms with Gasteiger partial charge < -0.3 is 19.7 Å². The third kappa shape index (κ3) is 3.81. The van der Waals surface area contributed by atoms with Gasteiger partial charge in [-0.05, 0) is 42.7 Å². The number of carboxylic acid groups (broad SMARTS) is 1. The molecule has 0 aliphatic heterocycles. The number of ether oxygens (including phenoxy) is 2. The van der Waals surface area contributed by atoms with Gasteiger partial charge >= 0.3 is 5.97 Å². The number of aryl methyl sites for hydroxylation is 2. The molecule has 2 unspecified atom stereocenters. The maximum atomic E-state index is 11.5. The van der Waals surface area contributed by atoms with E-state index in [4.69, 9.17) is 9.47 Å². The van der Waals surface area contributed by atoms with Crippen molar-refractivity contribution in [3.63, 3.8) is 0 Å². The van der Waals surface area contributed by atoms with Crippen LogP contribution in [-0.4, -0.2) is 29.4 Å². The van der Waals surface area contributed by atoms with Crippen LogP contribution in [0.1, 0.15) is 22.8 Å². The second-order valence-corrected chi connectivity index (χ2v) is 5.32. The standard InChI is InChI=1S/C18H20O5/c1-11-8-9-13(10-12(11)2)16(19)17(18(20)21)23-15-7-5-4-6-14(15)22-3/h4-10,16-17,19H,1-3H3,(H,20,21). The molecule has 0 fully saturated rings. The van der Waals surface area contributed by atoms with Gasteiger partial charge in [-0.3, -0.25) is 0 Å². The van der Waals surface area contributed by atoms with Crippen molar-refractivity contribution in [1.29, 1.82) is 0 Å². The number of hydrogen-bond acceptors (Lipinski definition) is 4. The van der Waals surface area contributed by atoms with Crippen molar-refractivity contribution in [2.45, 2.75) is 26.1 Å². The fraction of sp³-hybridized carbons (Fsp3) is 0.278. The van der Waals surface area contributed by atoms with Gasteiger partial charge in [0.15, 0.2) is 11.5 Å². The Bertz CT molecular complexity index is 696. The maximum Gasteiger partial charge on any atom is 0.348 e. The van der Waals surface area contributed by atoms with Crippen molar-refractivity contribution in [2.75, 3.05) is 7.11 Å². The van der Waals surface area contributed by atoms with Crippen LogP contribution in [0.15, 0.2) is 42.5 Å². The third-order valence-corrected chi connectivity index (χ3v) is 3.73. The molecule has 2 rings (SSSR count). The van der Waals surface area contributed by atoms with E-state index in [-0.39, 0.29) is 5.75 Å². The van der Waals surface area contributed by atoms with Crippen LogP contribution in [0.4, 0.5) is 0 Å². The van der Waals surface area contributed by atoms with E-state index >= 15 is 0 Å². The number of para-hydroxylation sites is 2. The molecule has 0 radical (unpaired) electrons. The van der Waals surface area contributed by atoms with E-state index in [2.05, 4.69) is 0 Å². The summed E-state index contributed by atoms with van der Waals surface area (Å²) in [5.74, 6) is -0.571. The molecule has 0 aliphatic rings. The van der Waals surface area contributed by atoms with E-state index in [1.165, 1.54) is 7.11 Å². The highest BCUT2D eigenvalue weighted by molar-refractivity contribution is 5.74. The lowest BCUT2D eigenvalue weighted by Crippen LogP contribution is -2.34. The molecule has 0 aromatic heterocycles. The van der Waals surface area contributed by atoms with E-state index in [1.54, 1.807) is 36.4 Å². The Labute approximate surface area is 135 Å². The number of benzene rings is 2. The summed E-state index contributed by atoms with van der Waals surface area (Å²) in [5.41, 5.74) is 2.54. The normalized spacial score (nSPS) is 13.2. The van der Waals surface area contributed by atoms with Crippen LogP contribution in [0.25, 0.3) is 0 Å². The molecule has 0 saturated heterocycles. The molecule has 2 aromatic rings. The highest BCUT2D eigenvalue weighted by Crippen LogP contribution is 2.30. The number of methoxy groups -OCH3 is 1. The van der Waals surface area contributed by atoms with Crippen molar-refractivity contribution >= 4 is 5.97 Å². The third-order valence-electron chi connectivity index (χ3n) is 3.73. The Balaban J connectivity index is 2.30. The number of carboxylic acids is 1. The molecule has 122 valence electrons. The maximum absolute atomic E-state index is 11.5. The fourth-order valence-electron chi connectivity index (χ4n) is 2.23. The van der Waals surface area contributed by atoms with Gasteiger partial charge in [0.25, 0.3) is 0 Å². The second kappa shape index (κ2) is 7.15. The van der Waals surface area contributed by atoms with E-state index in [0.717, 1.165) is 11.1 Å². The summed E-state index contributed by atoms with van der Waals surface area (Å²) in [6.07, 6.45) is -2.73. The van der Waals surface area contributed by atoms with Crippen LogP contribution >= 0.6 is 0 Å². The summed E-state index contributed by atoms with van der Waals surface area (Å²) < 4.78 is 10.7. The molecule has 5 nitrogen and oxygen atoms in total. The molecule has 0 spiro atoms. The molecule has 0 heterocycles. The Morgan fingerprint density at radius 3 is 2.26 bits per heavy atom. The molecule has 2 atom stereocenters. The van der Waals surface area contributed by atoms with Crippen molar-refractivity contribution in [3.8, 4) is 11.5 Å². The SMILES string of the molecule is COc1ccccc1OC(C(=O)O)C(O)c1ccc(C)c(C)c1. The predicted molar refractivity (Wildman–Crippen MR) is 85.9 cm³/mol. The largest absolute Gasteiger partial charge is 0.493 e. The lowest BCUT2D eigenvalue weighted by molar-refractivity contribution is -0.150. The van der Waals surface area contributed by atoms with Gasteiger partial charge in [0.2, 0.25) is 6.10 Å². The smallest absolute Gasteiger partial charge is 0.348 e. The molecular formula is C18H20O5. The van der Waals surface area contributed by atoms with Crippen LogP contribution in [0.5, 0.6) is 11.5 Å². The van der Waals surface area contributed by atoms with E-state index < -0.39 is 18.2 Å². The Morgan fingerprint density at radius 2 is 1.70 bits per heavy atom. The molecule has 0 saturated carbocycles. The van der Waals surface area contributed by atoms with Crippen LogP contribution < -0.4 is 9.47 Å². The Morgan fingerprint density at radius 1 is 1.04 bits per heavy atom. The second-order valence-electron chi connectivity index (χ2n) is 5.32. The minimum Gasteiger partial charge on any atom is -0.493 e. The van der Waals surface area contributed by atoms with Crippen molar-refractivity contribution in [2.24, 2.45) is 0 Å². The first kappa shape index (κ1) is 16.8. The van der Waals surface area contributed by atoms with Gasteiger partial charge in [0, 0.05) is 0 Å². The zero-order valence-electron chi connectivity index (χ0n) is 13.3. The average molecular weight is 316 g/mol. The summed E-state index contributed by atoms with van der Waals surface area (Å²) in [6, 6.07) is 12.0. The number of aliphatic hydroxyl groups excluding tert-OH is 1. The number of aliphatic carboxylic acids is 1. The molecule has 2 aromatic carbocycles. The highest BCUT2D eigenvalue weighted by Gasteiger charge is 2.31. The number of rotatable bonds is 6. The van der Waals surface area contributed by atoms with Gasteiger partial charge in [-0.25, -0.2) is 4.79 Å². The van der Waals surface area contributed by atoms with Crippen molar-refractivity contribution in [1.82, 2.24) is 0 Å². The average Bonchev–Trinajstić information content (AvgIpc) is 2.54. The van der Waals surface area contributed by atoms with Crippen LogP contribution in [-0.2, 0) is 4.79 Å². The zero-order valence-corrected chi connectivity index (χ0v) is 13.3. The summed E-state index contributed by atoms with van der Waals surface area (Å²) >= 11 is 0. The van der Waals surface area contributed by atoms with Gasteiger partial charge in [0.1, 0.15) is 6.10 Å². The van der Waals surface area contributed by atoms with Crippen LogP contribution in [0, 0.1) is 13.8 Å². The quantitative estimate of drug-likeness (QED) is 0.857. The van der Waals surface area contributed by atoms with E-state index in [1.807, 2.05) is 19.9 Å². The van der Waals surface area contributed by atoms with Gasteiger partial charge in [-0.1, -0.05) is 30.3 Å². The lowest BCUT2D eigenvalue weighted by Gasteiger charge is -2.22. The number of hydrogen-bond donors (Lipinski definition) is 2. The summed E-state index contributed by atoms with van der Waals surface area (Å²) in [7, 11) is 1.47. The minimum atomic E-state index is -1.44. The zero-order chi connectivity index (χ0) is 17.0. The Hall–Kier alpha value is -2.53. The molecule has 0 bridgehead atoms. The van der Waals surface area contributed by atoms with E-state index in [9.17, 15) is 15.0 Å². The minimum absolute atomic E-state index is 0.269. The first-order chi connectivity index (χ1) is 10.9. The number of carbonyl (C=O) groups is 1. The molecule has 23 heavy (non-hydrogen) atoms. The first-order valence-corrected chi connectivity index (χ1v) is 7.21. The summed E-state index contributed by atoms with van der Waals surface area (Å²) in [6.45, 7) is 3.86. The van der Waals surface area contributed by atoms with Crippen molar-refractivity contribution < 1.29 is 24.5 Å². The topological polar surface area (TPSA) is 76.0 Å². The molecular weight excluding hydrogens is 296 g/mol. The van der Waals surface area contributed by atoms with Crippen molar-refractivity contribution in [3.05, 3.63) is 59.2 Å². The lowest BCUT2D eigenvalue weighted by atomic mass is 9.99.